The molecule has 31 heteroatoms. The summed E-state index contributed by atoms with van der Waals surface area (Å²) in [6.45, 7) is 12.9. The number of nitrogens with zero attached hydrogens (tertiary/aromatic N) is 10. The maximum Gasteiger partial charge on any atom is 0.416 e. The molecule has 9 rings (SSSR count). The number of aromatic nitrogens is 6. The van der Waals surface area contributed by atoms with Crippen LogP contribution in [-0.2, 0) is 68.6 Å². The zero-order valence-electron chi connectivity index (χ0n) is 52.5. The second-order valence-electron chi connectivity index (χ2n) is 24.3. The van der Waals surface area contributed by atoms with Gasteiger partial charge in [-0.3, -0.25) is 24.1 Å². The molecule has 5 aromatic rings. The Kier molecular flexibility index (Phi) is 22.8. The van der Waals surface area contributed by atoms with Crippen LogP contribution in [0.4, 0.5) is 73.9 Å². The number of alkyl halides is 12. The number of rotatable bonds is 20. The molecule has 3 aromatic heterocycles. The molecule has 0 radical (unpaired) electrons. The van der Waals surface area contributed by atoms with E-state index < -0.39 is 101 Å². The number of carboxylic acids is 1. The van der Waals surface area contributed by atoms with Crippen LogP contribution in [0.3, 0.4) is 0 Å². The van der Waals surface area contributed by atoms with E-state index in [1.807, 2.05) is 23.6 Å². The molecule has 18 nitrogen and oxygen atoms in total. The fourth-order valence-corrected chi connectivity index (χ4v) is 13.1. The first kappa shape index (κ1) is 72.4. The van der Waals surface area contributed by atoms with Crippen molar-refractivity contribution in [1.29, 1.82) is 0 Å². The lowest BCUT2D eigenvalue weighted by Gasteiger charge is -2.33. The van der Waals surface area contributed by atoms with E-state index in [1.165, 1.54) is 29.8 Å². The molecule has 0 spiro atoms. The molecule has 2 aliphatic heterocycles. The van der Waals surface area contributed by atoms with Crippen LogP contribution in [0, 0.1) is 30.6 Å². The van der Waals surface area contributed by atoms with E-state index in [0.717, 1.165) is 51.4 Å². The smallest absolute Gasteiger partial charge is 0.416 e. The normalized spacial score (nSPS) is 22.0. The first-order valence-electron chi connectivity index (χ1n) is 30.8. The van der Waals surface area contributed by atoms with Crippen LogP contribution in [-0.4, -0.2) is 114 Å². The van der Waals surface area contributed by atoms with Gasteiger partial charge < -0.3 is 29.1 Å². The van der Waals surface area contributed by atoms with Crippen LogP contribution in [0.25, 0.3) is 11.3 Å². The number of hydrogen-bond donors (Lipinski definition) is 1. The van der Waals surface area contributed by atoms with E-state index in [1.54, 1.807) is 38.0 Å². The predicted octanol–water partition coefficient (Wildman–Crippen LogP) is 15.4. The average molecular weight is 1410 g/mol. The molecule has 2 saturated heterocycles. The van der Waals surface area contributed by atoms with Crippen molar-refractivity contribution in [3.05, 3.63) is 110 Å². The summed E-state index contributed by atoms with van der Waals surface area (Å²) < 4.78 is 181. The lowest BCUT2D eigenvalue weighted by Crippen LogP contribution is -2.36. The third kappa shape index (κ3) is 17.9. The summed E-state index contributed by atoms with van der Waals surface area (Å²) in [6.07, 6.45) is -12.5. The Hall–Kier alpha value is -7.47. The Balaban J connectivity index is 0.000000242. The highest BCUT2D eigenvalue weighted by Crippen LogP contribution is 2.45. The lowest BCUT2D eigenvalue weighted by atomic mass is 9.80. The third-order valence-electron chi connectivity index (χ3n) is 17.7. The minimum atomic E-state index is -5.06. The van der Waals surface area contributed by atoms with E-state index in [0.29, 0.717) is 114 Å². The van der Waals surface area contributed by atoms with Crippen LogP contribution < -0.4 is 9.80 Å². The number of aryl methyl sites for hydroxylation is 2. The van der Waals surface area contributed by atoms with E-state index >= 15 is 0 Å². The molecule has 2 unspecified atom stereocenters. The molecule has 0 bridgehead atoms. The van der Waals surface area contributed by atoms with Crippen molar-refractivity contribution >= 4 is 51.7 Å². The van der Waals surface area contributed by atoms with Gasteiger partial charge in [0.15, 0.2) is 11.6 Å². The highest BCUT2D eigenvalue weighted by atomic mass is 79.9. The number of aliphatic carboxylic acids is 1. The number of carboxylic acid groups (broad SMARTS) is 1. The van der Waals surface area contributed by atoms with Crippen molar-refractivity contribution in [1.82, 2.24) is 39.5 Å². The van der Waals surface area contributed by atoms with E-state index in [2.05, 4.69) is 31.0 Å². The molecule has 2 aliphatic carbocycles. The van der Waals surface area contributed by atoms with Gasteiger partial charge in [-0.05, 0) is 180 Å². The number of amides is 2. The fourth-order valence-electron chi connectivity index (χ4n) is 12.8. The van der Waals surface area contributed by atoms with Crippen molar-refractivity contribution in [3.8, 4) is 11.3 Å². The van der Waals surface area contributed by atoms with Crippen molar-refractivity contribution in [2.24, 2.45) is 30.7 Å². The second kappa shape index (κ2) is 29.7. The molecular weight excluding hydrogens is 1330 g/mol. The summed E-state index contributed by atoms with van der Waals surface area (Å²) in [7, 11) is 1.75. The minimum absolute atomic E-state index is 0.0362. The number of halogens is 13. The Labute approximate surface area is 542 Å². The number of anilines is 2. The van der Waals surface area contributed by atoms with E-state index in [9.17, 15) is 77.0 Å². The molecule has 4 atom stereocenters. The Morgan fingerprint density at radius 2 is 1.01 bits per heavy atom. The monoisotopic (exact) mass is 1400 g/mol. The number of ether oxygens (including phenoxy) is 3. The molecule has 2 aromatic carbocycles. The van der Waals surface area contributed by atoms with Crippen LogP contribution >= 0.6 is 15.9 Å². The molecule has 4 fully saturated rings. The molecule has 2 amide bonds. The number of carbonyl (C=O) groups excluding carboxylic acids is 3. The topological polar surface area (TPSA) is 199 Å². The highest BCUT2D eigenvalue weighted by Gasteiger charge is 2.46. The summed E-state index contributed by atoms with van der Waals surface area (Å²) in [6, 6.07) is 0.515. The first-order chi connectivity index (χ1) is 44.0. The van der Waals surface area contributed by atoms with Crippen molar-refractivity contribution in [2.45, 2.75) is 168 Å². The zero-order chi connectivity index (χ0) is 68.9. The summed E-state index contributed by atoms with van der Waals surface area (Å²) >= 11 is 3.31. The van der Waals surface area contributed by atoms with Crippen molar-refractivity contribution < 1.29 is 91.2 Å². The second-order valence-corrected chi connectivity index (χ2v) is 25.1. The van der Waals surface area contributed by atoms with Gasteiger partial charge >= 0.3 is 48.8 Å². The summed E-state index contributed by atoms with van der Waals surface area (Å²) in [5.74, 6) is 0.969. The van der Waals surface area contributed by atoms with Gasteiger partial charge in [0, 0.05) is 57.8 Å². The summed E-state index contributed by atoms with van der Waals surface area (Å²) in [4.78, 5) is 74.6. The van der Waals surface area contributed by atoms with Gasteiger partial charge in [-0.2, -0.15) is 57.8 Å². The molecular formula is C63H73BrF12N10O8. The molecule has 94 heavy (non-hydrogen) atoms. The van der Waals surface area contributed by atoms with Gasteiger partial charge in [-0.25, -0.2) is 29.5 Å². The molecule has 514 valence electrons. The number of carbonyl (C=O) groups is 4. The Morgan fingerprint density at radius 3 is 1.38 bits per heavy atom. The number of esters is 1. The highest BCUT2D eigenvalue weighted by molar-refractivity contribution is 9.10. The SMILES string of the molecule is CCN(CC1CCC(CC(=O)O)CC1)c1ncc(-c2cn(C)nc2C)nc1CN1C(=O)OC(c2cc(C(F)(F)F)cc(C(F)(F)F)c2)[C@@H]1C.CCOC(=O)CC1CCC(CN(CC)c2ncc(Br)nc2CN2C(=O)OC(c3cc(C(F)(F)F)cc(C(F)(F)F)c3)[C@@H]2C)CC1. The molecule has 5 heterocycles. The van der Waals surface area contributed by atoms with Gasteiger partial charge in [-0.1, -0.05) is 0 Å². The Morgan fingerprint density at radius 1 is 0.617 bits per heavy atom. The van der Waals surface area contributed by atoms with Crippen LogP contribution in [0.1, 0.15) is 161 Å². The fraction of sp³-hybridized carbons (Fsp3) is 0.571. The van der Waals surface area contributed by atoms with Gasteiger partial charge in [0.25, 0.3) is 0 Å². The first-order valence-corrected chi connectivity index (χ1v) is 31.6. The maximum atomic E-state index is 13.6. The van der Waals surface area contributed by atoms with E-state index in [-0.39, 0.29) is 55.4 Å². The Bertz CT molecular complexity index is 3440. The van der Waals surface area contributed by atoms with Crippen LogP contribution in [0.15, 0.2) is 59.6 Å². The standard InChI is InChI=1S/C33H38F6N6O4.C30H35BrF6N4O4/c1-5-44(15-21-8-6-20(7-9-21)10-28(46)47)30-27(41-26(14-40-30)25-16-43(4)42-18(25)2)17-45-19(3)29(49-31(45)48)22-11-23(32(34,35)36)13-24(12-22)33(37,38)39;1-4-40(15-19-8-6-18(7-9-19)10-25(42)44-5-2)27-23(39-24(31)14-38-27)16-41-17(3)26(45-28(41)43)20-11-21(29(32,33)34)13-22(12-20)30(35,36)37/h11-14,16,19-21,29H,5-10,15,17H2,1-4H3,(H,46,47);11-14,17-19,26H,4-10,15-16H2,1-3H3/t19-,20?,21?,29?;17-,18?,19?,26?/m00/s1. The van der Waals surface area contributed by atoms with E-state index in [4.69, 9.17) is 24.2 Å². The number of cyclic esters (lactones) is 2. The predicted molar refractivity (Wildman–Crippen MR) is 320 cm³/mol. The van der Waals surface area contributed by atoms with Gasteiger partial charge in [0.2, 0.25) is 0 Å². The van der Waals surface area contributed by atoms with Crippen LogP contribution in [0.2, 0.25) is 0 Å². The number of benzene rings is 2. The van der Waals surface area contributed by atoms with Gasteiger partial charge in [0.1, 0.15) is 28.2 Å². The summed E-state index contributed by atoms with van der Waals surface area (Å²) in [5, 5.41) is 13.6. The van der Waals surface area contributed by atoms with Crippen molar-refractivity contribution in [3.63, 3.8) is 0 Å². The zero-order valence-corrected chi connectivity index (χ0v) is 54.1. The average Bonchev–Trinajstić information content (AvgIpc) is 1.56. The molecule has 4 aliphatic rings. The summed E-state index contributed by atoms with van der Waals surface area (Å²) in [5.41, 5.74) is -4.19. The minimum Gasteiger partial charge on any atom is -0.481 e. The van der Waals surface area contributed by atoms with Crippen LogP contribution in [0.5, 0.6) is 0 Å². The lowest BCUT2D eigenvalue weighted by molar-refractivity contribution is -0.145. The largest absolute Gasteiger partial charge is 0.481 e. The third-order valence-corrected chi connectivity index (χ3v) is 18.1. The number of hydrogen-bond acceptors (Lipinski definition) is 14. The maximum absolute atomic E-state index is 13.6. The van der Waals surface area contributed by atoms with Gasteiger partial charge in [-0.15, -0.1) is 0 Å². The van der Waals surface area contributed by atoms with Gasteiger partial charge in [0.05, 0.1) is 77.8 Å². The molecule has 2 saturated carbocycles. The molecule has 1 N–H and O–H groups in total. The quantitative estimate of drug-likeness (QED) is 0.0438. The van der Waals surface area contributed by atoms with Crippen molar-refractivity contribution in [2.75, 3.05) is 42.6 Å².